The maximum atomic E-state index is 13.0. The van der Waals surface area contributed by atoms with Gasteiger partial charge in [-0.05, 0) is 36.6 Å². The zero-order valence-corrected chi connectivity index (χ0v) is 10.1. The second kappa shape index (κ2) is 3.51. The monoisotopic (exact) mass is 272 g/mol. The SMILES string of the molecule is Cc1nn2c(C(F)(F)F)cc(C3=CC3)cc2c1Cl. The molecule has 0 N–H and O–H groups in total. The van der Waals surface area contributed by atoms with E-state index in [1.54, 1.807) is 13.0 Å². The van der Waals surface area contributed by atoms with Crippen LogP contribution in [0.5, 0.6) is 0 Å². The van der Waals surface area contributed by atoms with Crippen molar-refractivity contribution < 1.29 is 13.2 Å². The molecule has 94 valence electrons. The maximum absolute atomic E-state index is 13.0. The van der Waals surface area contributed by atoms with E-state index in [9.17, 15) is 13.2 Å². The van der Waals surface area contributed by atoms with Crippen molar-refractivity contribution in [1.29, 1.82) is 0 Å². The van der Waals surface area contributed by atoms with Crippen LogP contribution < -0.4 is 0 Å². The molecule has 0 amide bonds. The fraction of sp³-hybridized carbons (Fsp3) is 0.250. The van der Waals surface area contributed by atoms with Crippen LogP contribution in [0.4, 0.5) is 13.2 Å². The van der Waals surface area contributed by atoms with Crippen LogP contribution in [0, 0.1) is 6.92 Å². The summed E-state index contributed by atoms with van der Waals surface area (Å²) in [6, 6.07) is 2.77. The summed E-state index contributed by atoms with van der Waals surface area (Å²) >= 11 is 5.99. The number of allylic oxidation sites excluding steroid dienone is 2. The van der Waals surface area contributed by atoms with Crippen molar-refractivity contribution in [3.63, 3.8) is 0 Å². The van der Waals surface area contributed by atoms with E-state index in [2.05, 4.69) is 5.10 Å². The quantitative estimate of drug-likeness (QED) is 0.764. The summed E-state index contributed by atoms with van der Waals surface area (Å²) in [5.74, 6) is 0. The van der Waals surface area contributed by atoms with Gasteiger partial charge in [0, 0.05) is 0 Å². The summed E-state index contributed by atoms with van der Waals surface area (Å²) < 4.78 is 39.9. The van der Waals surface area contributed by atoms with Crippen molar-refractivity contribution in [1.82, 2.24) is 9.61 Å². The molecular weight excluding hydrogens is 265 g/mol. The highest BCUT2D eigenvalue weighted by Crippen LogP contribution is 2.38. The van der Waals surface area contributed by atoms with Crippen LogP contribution in [0.25, 0.3) is 11.1 Å². The van der Waals surface area contributed by atoms with Gasteiger partial charge < -0.3 is 0 Å². The van der Waals surface area contributed by atoms with Crippen molar-refractivity contribution in [2.24, 2.45) is 0 Å². The number of alkyl halides is 3. The lowest BCUT2D eigenvalue weighted by Gasteiger charge is -2.10. The molecule has 1 aliphatic rings. The third-order valence-corrected chi connectivity index (χ3v) is 3.37. The Morgan fingerprint density at radius 3 is 2.56 bits per heavy atom. The summed E-state index contributed by atoms with van der Waals surface area (Å²) in [5.41, 5.74) is 1.38. The van der Waals surface area contributed by atoms with E-state index < -0.39 is 11.9 Å². The molecule has 2 aromatic rings. The molecule has 0 radical (unpaired) electrons. The molecule has 0 fully saturated rings. The molecule has 0 unspecified atom stereocenters. The topological polar surface area (TPSA) is 17.3 Å². The first-order valence-electron chi connectivity index (χ1n) is 5.33. The van der Waals surface area contributed by atoms with Crippen molar-refractivity contribution in [3.05, 3.63) is 40.2 Å². The third-order valence-electron chi connectivity index (χ3n) is 2.90. The number of hydrogen-bond acceptors (Lipinski definition) is 1. The van der Waals surface area contributed by atoms with Gasteiger partial charge in [0.25, 0.3) is 0 Å². The Morgan fingerprint density at radius 1 is 1.33 bits per heavy atom. The molecule has 6 heteroatoms. The summed E-state index contributed by atoms with van der Waals surface area (Å²) in [4.78, 5) is 0. The number of nitrogens with zero attached hydrogens (tertiary/aromatic N) is 2. The molecule has 2 nitrogen and oxygen atoms in total. The molecule has 0 saturated heterocycles. The second-order valence-electron chi connectivity index (χ2n) is 4.26. The summed E-state index contributed by atoms with van der Waals surface area (Å²) in [7, 11) is 0. The van der Waals surface area contributed by atoms with Gasteiger partial charge >= 0.3 is 6.18 Å². The number of aromatic nitrogens is 2. The molecule has 3 rings (SSSR count). The van der Waals surface area contributed by atoms with Crippen LogP contribution >= 0.6 is 11.6 Å². The van der Waals surface area contributed by atoms with E-state index in [1.807, 2.05) is 6.08 Å². The Balaban J connectivity index is 2.38. The number of hydrogen-bond donors (Lipinski definition) is 0. The molecule has 18 heavy (non-hydrogen) atoms. The number of aryl methyl sites for hydroxylation is 1. The lowest BCUT2D eigenvalue weighted by atomic mass is 10.1. The molecule has 0 aromatic carbocycles. The Bertz CT molecular complexity index is 683. The first-order chi connectivity index (χ1) is 8.38. The zero-order chi connectivity index (χ0) is 13.1. The Kier molecular flexibility index (Phi) is 2.26. The second-order valence-corrected chi connectivity index (χ2v) is 4.63. The van der Waals surface area contributed by atoms with Crippen LogP contribution in [0.3, 0.4) is 0 Å². The van der Waals surface area contributed by atoms with Crippen molar-refractivity contribution in [2.45, 2.75) is 19.5 Å². The van der Waals surface area contributed by atoms with Crippen molar-refractivity contribution in [3.8, 4) is 0 Å². The zero-order valence-electron chi connectivity index (χ0n) is 9.35. The molecule has 1 aliphatic carbocycles. The number of rotatable bonds is 1. The van der Waals surface area contributed by atoms with Crippen molar-refractivity contribution in [2.75, 3.05) is 0 Å². The van der Waals surface area contributed by atoms with Crippen LogP contribution in [0.2, 0.25) is 5.02 Å². The minimum atomic E-state index is -4.45. The highest BCUT2D eigenvalue weighted by molar-refractivity contribution is 6.34. The van der Waals surface area contributed by atoms with Gasteiger partial charge in [0.15, 0.2) is 0 Å². The van der Waals surface area contributed by atoms with Gasteiger partial charge in [-0.15, -0.1) is 0 Å². The van der Waals surface area contributed by atoms with Gasteiger partial charge in [-0.3, -0.25) is 0 Å². The van der Waals surface area contributed by atoms with Crippen LogP contribution in [-0.2, 0) is 6.18 Å². The van der Waals surface area contributed by atoms with E-state index >= 15 is 0 Å². The standard InChI is InChI=1S/C12H8ClF3N2/c1-6-11(13)9-4-8(7-2-3-7)5-10(12(14,15)16)18(9)17-6/h2,4-5H,3H2,1H3. The van der Waals surface area contributed by atoms with E-state index in [0.717, 1.165) is 22.6 Å². The highest BCUT2D eigenvalue weighted by atomic mass is 35.5. The molecule has 0 spiro atoms. The lowest BCUT2D eigenvalue weighted by Crippen LogP contribution is -2.12. The van der Waals surface area contributed by atoms with Gasteiger partial charge in [-0.25, -0.2) is 4.52 Å². The molecule has 0 saturated carbocycles. The van der Waals surface area contributed by atoms with Crippen LogP contribution in [-0.4, -0.2) is 9.61 Å². The van der Waals surface area contributed by atoms with E-state index in [4.69, 9.17) is 11.6 Å². The highest BCUT2D eigenvalue weighted by Gasteiger charge is 2.35. The van der Waals surface area contributed by atoms with Crippen LogP contribution in [0.1, 0.15) is 23.4 Å². The molecule has 0 bridgehead atoms. The fourth-order valence-corrected chi connectivity index (χ4v) is 2.08. The first-order valence-corrected chi connectivity index (χ1v) is 5.71. The van der Waals surface area contributed by atoms with E-state index in [-0.39, 0.29) is 5.02 Å². The van der Waals surface area contributed by atoms with Gasteiger partial charge in [0.05, 0.1) is 16.2 Å². The Hall–Kier alpha value is -1.49. The minimum Gasteiger partial charge on any atom is -0.227 e. The van der Waals surface area contributed by atoms with Gasteiger partial charge in [0.2, 0.25) is 0 Å². The average molecular weight is 273 g/mol. The number of pyridine rings is 1. The maximum Gasteiger partial charge on any atom is 0.433 e. The molecular formula is C12H8ClF3N2. The number of halogens is 4. The lowest BCUT2D eigenvalue weighted by molar-refractivity contribution is -0.142. The molecule has 0 aliphatic heterocycles. The van der Waals surface area contributed by atoms with Crippen molar-refractivity contribution >= 4 is 22.7 Å². The largest absolute Gasteiger partial charge is 0.433 e. The predicted octanol–water partition coefficient (Wildman–Crippen LogP) is 4.10. The molecule has 2 heterocycles. The Labute approximate surface area is 106 Å². The normalized spacial score (nSPS) is 15.1. The molecule has 2 aromatic heterocycles. The van der Waals surface area contributed by atoms with Gasteiger partial charge in [-0.1, -0.05) is 17.7 Å². The van der Waals surface area contributed by atoms with E-state index in [1.165, 1.54) is 0 Å². The Morgan fingerprint density at radius 2 is 2.00 bits per heavy atom. The van der Waals surface area contributed by atoms with Crippen LogP contribution in [0.15, 0.2) is 18.2 Å². The summed E-state index contributed by atoms with van der Waals surface area (Å²) in [6.45, 7) is 1.59. The predicted molar refractivity (Wildman–Crippen MR) is 62.5 cm³/mol. The fourth-order valence-electron chi connectivity index (χ4n) is 1.91. The minimum absolute atomic E-state index is 0.267. The average Bonchev–Trinajstić information content (AvgIpc) is 3.06. The summed E-state index contributed by atoms with van der Waals surface area (Å²) in [6.07, 6.45) is -1.84. The smallest absolute Gasteiger partial charge is 0.227 e. The van der Waals surface area contributed by atoms with Gasteiger partial charge in [-0.2, -0.15) is 18.3 Å². The summed E-state index contributed by atoms with van der Waals surface area (Å²) in [5, 5.41) is 4.11. The molecule has 0 atom stereocenters. The first kappa shape index (κ1) is 11.6. The number of fused-ring (bicyclic) bond motifs is 1. The third kappa shape index (κ3) is 1.70. The van der Waals surface area contributed by atoms with Gasteiger partial charge in [0.1, 0.15) is 5.69 Å². The van der Waals surface area contributed by atoms with E-state index in [0.29, 0.717) is 16.8 Å².